The second-order valence-electron chi connectivity index (χ2n) is 6.89. The molecular formula is C20H22BrN3O5. The van der Waals surface area contributed by atoms with Gasteiger partial charge in [0.05, 0.1) is 23.2 Å². The highest BCUT2D eigenvalue weighted by Crippen LogP contribution is 2.41. The molecule has 1 aliphatic rings. The number of ether oxygens (including phenoxy) is 2. The highest BCUT2D eigenvalue weighted by Gasteiger charge is 2.39. The second kappa shape index (κ2) is 8.77. The number of hydrogen-bond acceptors (Lipinski definition) is 8. The van der Waals surface area contributed by atoms with E-state index in [4.69, 9.17) is 14.1 Å². The van der Waals surface area contributed by atoms with E-state index in [1.54, 1.807) is 45.9 Å². The number of fused-ring (bicyclic) bond motifs is 1. The van der Waals surface area contributed by atoms with Crippen molar-refractivity contribution in [1.29, 1.82) is 0 Å². The van der Waals surface area contributed by atoms with Gasteiger partial charge in [-0.05, 0) is 49.6 Å². The zero-order valence-electron chi connectivity index (χ0n) is 16.6. The van der Waals surface area contributed by atoms with E-state index in [0.29, 0.717) is 44.5 Å². The van der Waals surface area contributed by atoms with Crippen molar-refractivity contribution in [3.05, 3.63) is 46.3 Å². The van der Waals surface area contributed by atoms with Crippen LogP contribution in [0.25, 0.3) is 11.0 Å². The Bertz CT molecular complexity index is 1010. The monoisotopic (exact) mass is 463 g/mol. The zero-order valence-corrected chi connectivity index (χ0v) is 18.2. The van der Waals surface area contributed by atoms with Crippen LogP contribution in [0.1, 0.15) is 39.2 Å². The molecule has 0 bridgehead atoms. The van der Waals surface area contributed by atoms with Gasteiger partial charge in [-0.2, -0.15) is 0 Å². The van der Waals surface area contributed by atoms with Crippen molar-refractivity contribution < 1.29 is 23.7 Å². The van der Waals surface area contributed by atoms with Gasteiger partial charge in [-0.15, -0.1) is 0 Å². The topological polar surface area (TPSA) is 104 Å². The molecule has 0 radical (unpaired) electrons. The lowest BCUT2D eigenvalue weighted by Gasteiger charge is -2.30. The zero-order chi connectivity index (χ0) is 21.1. The molecule has 0 amide bonds. The molecule has 2 aromatic rings. The molecule has 154 valence electrons. The Kier molecular flexibility index (Phi) is 6.36. The van der Waals surface area contributed by atoms with Gasteiger partial charge in [-0.1, -0.05) is 28.1 Å². The molecule has 0 fully saturated rings. The highest BCUT2D eigenvalue weighted by atomic mass is 79.9. The number of hydrogen-bond donors (Lipinski definition) is 1. The quantitative estimate of drug-likeness (QED) is 0.513. The van der Waals surface area contributed by atoms with Gasteiger partial charge in [0.2, 0.25) is 0 Å². The predicted molar refractivity (Wildman–Crippen MR) is 109 cm³/mol. The number of alkyl halides is 1. The lowest BCUT2D eigenvalue weighted by Crippen LogP contribution is -2.33. The Balaban J connectivity index is 2.20. The van der Waals surface area contributed by atoms with Crippen molar-refractivity contribution in [3.8, 4) is 0 Å². The molecule has 2 heterocycles. The molecule has 9 heteroatoms. The summed E-state index contributed by atoms with van der Waals surface area (Å²) < 4.78 is 15.7. The molecule has 3 rings (SSSR count). The number of carbonyl (C=O) groups is 2. The summed E-state index contributed by atoms with van der Waals surface area (Å²) in [5, 5.41) is 11.5. The summed E-state index contributed by atoms with van der Waals surface area (Å²) in [4.78, 5) is 26.0. The maximum Gasteiger partial charge on any atom is 0.337 e. The fourth-order valence-electron chi connectivity index (χ4n) is 3.39. The van der Waals surface area contributed by atoms with E-state index < -0.39 is 17.9 Å². The molecule has 0 spiro atoms. The third-order valence-electron chi connectivity index (χ3n) is 4.48. The lowest BCUT2D eigenvalue weighted by atomic mass is 9.80. The van der Waals surface area contributed by atoms with Crippen LogP contribution in [0, 0.1) is 0 Å². The first-order valence-corrected chi connectivity index (χ1v) is 10.3. The molecule has 0 saturated heterocycles. The summed E-state index contributed by atoms with van der Waals surface area (Å²) in [5.74, 6) is -1.77. The van der Waals surface area contributed by atoms with Gasteiger partial charge in [0.15, 0.2) is 0 Å². The van der Waals surface area contributed by atoms with Crippen molar-refractivity contribution in [2.45, 2.75) is 39.7 Å². The SMILES string of the molecule is CC1=C(C(=O)OCCBr)C(c2cccc3nonc23)C(C(=O)OC(C)C)=C(C)N1. The number of esters is 2. The summed E-state index contributed by atoms with van der Waals surface area (Å²) in [6.45, 7) is 7.29. The largest absolute Gasteiger partial charge is 0.461 e. The smallest absolute Gasteiger partial charge is 0.337 e. The summed E-state index contributed by atoms with van der Waals surface area (Å²) in [5.41, 5.74) is 3.46. The number of allylic oxidation sites excluding steroid dienone is 2. The van der Waals surface area contributed by atoms with Crippen LogP contribution in [0.15, 0.2) is 45.4 Å². The van der Waals surface area contributed by atoms with Crippen LogP contribution < -0.4 is 5.32 Å². The van der Waals surface area contributed by atoms with E-state index in [2.05, 4.69) is 31.6 Å². The maximum atomic E-state index is 13.0. The minimum Gasteiger partial charge on any atom is -0.461 e. The minimum absolute atomic E-state index is 0.201. The second-order valence-corrected chi connectivity index (χ2v) is 7.69. The number of aromatic nitrogens is 2. The molecule has 8 nitrogen and oxygen atoms in total. The van der Waals surface area contributed by atoms with E-state index in [1.165, 1.54) is 0 Å². The summed E-state index contributed by atoms with van der Waals surface area (Å²) >= 11 is 3.25. The average molecular weight is 464 g/mol. The average Bonchev–Trinajstić information content (AvgIpc) is 3.13. The maximum absolute atomic E-state index is 13.0. The molecule has 1 aromatic carbocycles. The Hall–Kier alpha value is -2.68. The molecular weight excluding hydrogens is 442 g/mol. The summed E-state index contributed by atoms with van der Waals surface area (Å²) in [7, 11) is 0. The van der Waals surface area contributed by atoms with E-state index in [9.17, 15) is 9.59 Å². The van der Waals surface area contributed by atoms with E-state index in [-0.39, 0.29) is 12.7 Å². The number of dihydropyridines is 1. The first kappa shape index (κ1) is 21.0. The van der Waals surface area contributed by atoms with Gasteiger partial charge in [0.1, 0.15) is 17.6 Å². The summed E-state index contributed by atoms with van der Waals surface area (Å²) in [6, 6.07) is 5.32. The first-order valence-electron chi connectivity index (χ1n) is 9.19. The van der Waals surface area contributed by atoms with Gasteiger partial charge < -0.3 is 14.8 Å². The first-order chi connectivity index (χ1) is 13.8. The van der Waals surface area contributed by atoms with Gasteiger partial charge >= 0.3 is 11.9 Å². The fourth-order valence-corrected chi connectivity index (χ4v) is 3.55. The number of benzene rings is 1. The Morgan fingerprint density at radius 1 is 1.17 bits per heavy atom. The van der Waals surface area contributed by atoms with Crippen molar-refractivity contribution >= 4 is 38.9 Å². The molecule has 1 N–H and O–H groups in total. The Morgan fingerprint density at radius 2 is 1.86 bits per heavy atom. The predicted octanol–water partition coefficient (Wildman–Crippen LogP) is 3.35. The van der Waals surface area contributed by atoms with Gasteiger partial charge in [-0.25, -0.2) is 14.2 Å². The molecule has 1 atom stereocenters. The number of nitrogens with one attached hydrogen (secondary N) is 1. The van der Waals surface area contributed by atoms with E-state index in [0.717, 1.165) is 0 Å². The van der Waals surface area contributed by atoms with Crippen LogP contribution in [0.3, 0.4) is 0 Å². The van der Waals surface area contributed by atoms with Crippen LogP contribution >= 0.6 is 15.9 Å². The van der Waals surface area contributed by atoms with Gasteiger partial charge in [0, 0.05) is 16.7 Å². The van der Waals surface area contributed by atoms with Gasteiger partial charge in [-0.3, -0.25) is 0 Å². The molecule has 0 saturated carbocycles. The van der Waals surface area contributed by atoms with Crippen molar-refractivity contribution in [1.82, 2.24) is 15.6 Å². The third-order valence-corrected chi connectivity index (χ3v) is 4.81. The Morgan fingerprint density at radius 3 is 2.52 bits per heavy atom. The fraction of sp³-hybridized carbons (Fsp3) is 0.400. The van der Waals surface area contributed by atoms with E-state index in [1.807, 2.05) is 0 Å². The van der Waals surface area contributed by atoms with Gasteiger partial charge in [0.25, 0.3) is 0 Å². The number of nitrogens with zero attached hydrogens (tertiary/aromatic N) is 2. The van der Waals surface area contributed by atoms with Crippen LogP contribution in [0.2, 0.25) is 0 Å². The summed E-state index contributed by atoms with van der Waals surface area (Å²) in [6.07, 6.45) is -0.316. The molecule has 0 aliphatic carbocycles. The molecule has 1 aliphatic heterocycles. The minimum atomic E-state index is -0.735. The van der Waals surface area contributed by atoms with Crippen LogP contribution in [-0.4, -0.2) is 40.3 Å². The van der Waals surface area contributed by atoms with Crippen LogP contribution in [-0.2, 0) is 19.1 Å². The molecule has 1 unspecified atom stereocenters. The highest BCUT2D eigenvalue weighted by molar-refractivity contribution is 9.09. The van der Waals surface area contributed by atoms with Crippen molar-refractivity contribution in [2.24, 2.45) is 0 Å². The van der Waals surface area contributed by atoms with Crippen molar-refractivity contribution in [2.75, 3.05) is 11.9 Å². The van der Waals surface area contributed by atoms with Crippen LogP contribution in [0.4, 0.5) is 0 Å². The number of rotatable bonds is 6. The third kappa shape index (κ3) is 4.19. The van der Waals surface area contributed by atoms with Crippen molar-refractivity contribution in [3.63, 3.8) is 0 Å². The Labute approximate surface area is 176 Å². The number of carbonyl (C=O) groups excluding carboxylic acids is 2. The molecule has 29 heavy (non-hydrogen) atoms. The van der Waals surface area contributed by atoms with E-state index >= 15 is 0 Å². The van der Waals surface area contributed by atoms with Crippen LogP contribution in [0.5, 0.6) is 0 Å². The normalized spacial score (nSPS) is 17.0. The standard InChI is InChI=1S/C20H22BrN3O5/c1-10(2)28-20(26)16-12(4)22-11(3)15(19(25)27-9-8-21)17(16)13-6-5-7-14-18(13)24-29-23-14/h5-7,10,17,22H,8-9H2,1-4H3. The molecule has 1 aromatic heterocycles. The lowest BCUT2D eigenvalue weighted by molar-refractivity contribution is -0.143. The number of halogens is 1.